The summed E-state index contributed by atoms with van der Waals surface area (Å²) in [6.07, 6.45) is 3.58. The number of nitriles is 1. The Balaban J connectivity index is 2.38. The Bertz CT molecular complexity index is 348. The summed E-state index contributed by atoms with van der Waals surface area (Å²) in [5, 5.41) is 8.44. The van der Waals surface area contributed by atoms with Gasteiger partial charge in [-0.15, -0.1) is 0 Å². The fourth-order valence-corrected chi connectivity index (χ4v) is 2.76. The lowest BCUT2D eigenvalue weighted by Crippen LogP contribution is -2.34. The molecule has 0 unspecified atom stereocenters. The monoisotopic (exact) mass is 245 g/mol. The summed E-state index contributed by atoms with van der Waals surface area (Å²) >= 11 is 0. The molecule has 1 aliphatic rings. The van der Waals surface area contributed by atoms with Gasteiger partial charge in [0.05, 0.1) is 12.3 Å². The minimum absolute atomic E-state index is 0.575. The highest BCUT2D eigenvalue weighted by molar-refractivity contribution is 7.88. The fourth-order valence-electron chi connectivity index (χ4n) is 1.88. The van der Waals surface area contributed by atoms with Crippen LogP contribution in [0.2, 0.25) is 0 Å². The lowest BCUT2D eigenvalue weighted by atomic mass is 10.3. The molecule has 0 bridgehead atoms. The predicted molar refractivity (Wildman–Crippen MR) is 62.3 cm³/mol. The zero-order valence-corrected chi connectivity index (χ0v) is 10.5. The van der Waals surface area contributed by atoms with Gasteiger partial charge in [-0.05, 0) is 25.9 Å². The maximum Gasteiger partial charge on any atom is 0.211 e. The van der Waals surface area contributed by atoms with Crippen LogP contribution < -0.4 is 0 Å². The van der Waals surface area contributed by atoms with Crippen LogP contribution in [0.3, 0.4) is 0 Å². The first-order chi connectivity index (χ1) is 7.54. The van der Waals surface area contributed by atoms with Crippen molar-refractivity contribution in [2.75, 3.05) is 39.0 Å². The molecule has 1 fully saturated rings. The highest BCUT2D eigenvalue weighted by atomic mass is 32.2. The van der Waals surface area contributed by atoms with Crippen molar-refractivity contribution < 1.29 is 8.42 Å². The van der Waals surface area contributed by atoms with E-state index in [-0.39, 0.29) is 0 Å². The fraction of sp³-hybridized carbons (Fsp3) is 0.900. The summed E-state index contributed by atoms with van der Waals surface area (Å²) in [4.78, 5) is 2.24. The topological polar surface area (TPSA) is 64.4 Å². The molecular weight excluding hydrogens is 226 g/mol. The van der Waals surface area contributed by atoms with Gasteiger partial charge in [-0.1, -0.05) is 0 Å². The SMILES string of the molecule is CS(=O)(=O)N1CCCN(CCCC#N)CC1. The van der Waals surface area contributed by atoms with E-state index in [2.05, 4.69) is 11.0 Å². The maximum absolute atomic E-state index is 11.4. The second-order valence-corrected chi connectivity index (χ2v) is 6.10. The Hall–Kier alpha value is -0.640. The molecule has 0 N–H and O–H groups in total. The molecule has 1 heterocycles. The molecule has 1 saturated heterocycles. The van der Waals surface area contributed by atoms with Crippen molar-refractivity contribution in [3.8, 4) is 6.07 Å². The van der Waals surface area contributed by atoms with E-state index in [1.807, 2.05) is 0 Å². The molecule has 6 heteroatoms. The number of rotatable bonds is 4. The van der Waals surface area contributed by atoms with Gasteiger partial charge in [-0.25, -0.2) is 12.7 Å². The van der Waals surface area contributed by atoms with Crippen LogP contribution in [-0.4, -0.2) is 56.6 Å². The number of hydrogen-bond donors (Lipinski definition) is 0. The van der Waals surface area contributed by atoms with E-state index in [0.29, 0.717) is 19.5 Å². The molecule has 0 atom stereocenters. The summed E-state index contributed by atoms with van der Waals surface area (Å²) in [5.41, 5.74) is 0. The normalized spacial score (nSPS) is 20.2. The molecule has 16 heavy (non-hydrogen) atoms. The van der Waals surface area contributed by atoms with Crippen LogP contribution in [-0.2, 0) is 10.0 Å². The molecule has 0 radical (unpaired) electrons. The lowest BCUT2D eigenvalue weighted by molar-refractivity contribution is 0.284. The van der Waals surface area contributed by atoms with Crippen molar-refractivity contribution in [1.82, 2.24) is 9.21 Å². The molecule has 1 aliphatic heterocycles. The molecule has 0 amide bonds. The van der Waals surface area contributed by atoms with Crippen molar-refractivity contribution >= 4 is 10.0 Å². The largest absolute Gasteiger partial charge is 0.302 e. The van der Waals surface area contributed by atoms with E-state index < -0.39 is 10.0 Å². The Kier molecular flexibility index (Phi) is 5.19. The molecule has 92 valence electrons. The molecular formula is C10H19N3O2S. The van der Waals surface area contributed by atoms with Gasteiger partial charge in [0.15, 0.2) is 0 Å². The third kappa shape index (κ3) is 4.47. The van der Waals surface area contributed by atoms with Crippen LogP contribution in [0.15, 0.2) is 0 Å². The van der Waals surface area contributed by atoms with E-state index in [1.54, 1.807) is 0 Å². The summed E-state index contributed by atoms with van der Waals surface area (Å²) in [6, 6.07) is 2.12. The van der Waals surface area contributed by atoms with Gasteiger partial charge in [0.2, 0.25) is 10.0 Å². The van der Waals surface area contributed by atoms with Gasteiger partial charge in [-0.3, -0.25) is 0 Å². The second-order valence-electron chi connectivity index (χ2n) is 4.12. The molecule has 5 nitrogen and oxygen atoms in total. The van der Waals surface area contributed by atoms with Gasteiger partial charge < -0.3 is 4.90 Å². The third-order valence-electron chi connectivity index (χ3n) is 2.78. The molecule has 0 aromatic heterocycles. The minimum Gasteiger partial charge on any atom is -0.302 e. The van der Waals surface area contributed by atoms with E-state index in [9.17, 15) is 8.42 Å². The van der Waals surface area contributed by atoms with Crippen LogP contribution >= 0.6 is 0 Å². The molecule has 0 aromatic rings. The smallest absolute Gasteiger partial charge is 0.211 e. The number of nitrogens with zero attached hydrogens (tertiary/aromatic N) is 3. The minimum atomic E-state index is -3.04. The number of unbranched alkanes of at least 4 members (excludes halogenated alkanes) is 1. The van der Waals surface area contributed by atoms with Gasteiger partial charge in [0, 0.05) is 26.1 Å². The summed E-state index contributed by atoms with van der Waals surface area (Å²) in [7, 11) is -3.04. The maximum atomic E-state index is 11.4. The van der Waals surface area contributed by atoms with Gasteiger partial charge in [-0.2, -0.15) is 5.26 Å². The summed E-state index contributed by atoms with van der Waals surface area (Å²) in [5.74, 6) is 0. The number of hydrogen-bond acceptors (Lipinski definition) is 4. The Morgan fingerprint density at radius 3 is 2.62 bits per heavy atom. The number of sulfonamides is 1. The summed E-state index contributed by atoms with van der Waals surface area (Å²) in [6.45, 7) is 3.79. The van der Waals surface area contributed by atoms with Crippen LogP contribution in [0.5, 0.6) is 0 Å². The molecule has 1 rings (SSSR count). The van der Waals surface area contributed by atoms with Crippen LogP contribution in [0.1, 0.15) is 19.3 Å². The molecule has 0 spiro atoms. The lowest BCUT2D eigenvalue weighted by Gasteiger charge is -2.19. The van der Waals surface area contributed by atoms with Crippen LogP contribution in [0.25, 0.3) is 0 Å². The van der Waals surface area contributed by atoms with E-state index >= 15 is 0 Å². The van der Waals surface area contributed by atoms with Gasteiger partial charge >= 0.3 is 0 Å². The van der Waals surface area contributed by atoms with Crippen molar-refractivity contribution in [1.29, 1.82) is 5.26 Å². The molecule has 0 aliphatic carbocycles. The quantitative estimate of drug-likeness (QED) is 0.666. The van der Waals surface area contributed by atoms with E-state index in [4.69, 9.17) is 5.26 Å². The average molecular weight is 245 g/mol. The van der Waals surface area contributed by atoms with E-state index in [1.165, 1.54) is 10.6 Å². The standard InChI is InChI=1S/C10H19N3O2S/c1-16(14,15)13-8-4-7-12(9-10-13)6-3-2-5-11/h2-4,6-10H2,1H3. The summed E-state index contributed by atoms with van der Waals surface area (Å²) < 4.78 is 24.3. The van der Waals surface area contributed by atoms with Crippen molar-refractivity contribution in [3.05, 3.63) is 0 Å². The first-order valence-electron chi connectivity index (χ1n) is 5.58. The van der Waals surface area contributed by atoms with Crippen molar-refractivity contribution in [3.63, 3.8) is 0 Å². The van der Waals surface area contributed by atoms with Gasteiger partial charge in [0.25, 0.3) is 0 Å². The first kappa shape index (κ1) is 13.4. The molecule has 0 saturated carbocycles. The highest BCUT2D eigenvalue weighted by Gasteiger charge is 2.20. The van der Waals surface area contributed by atoms with Crippen LogP contribution in [0.4, 0.5) is 0 Å². The van der Waals surface area contributed by atoms with Gasteiger partial charge in [0.1, 0.15) is 0 Å². The van der Waals surface area contributed by atoms with Crippen LogP contribution in [0, 0.1) is 11.3 Å². The van der Waals surface area contributed by atoms with Crippen molar-refractivity contribution in [2.45, 2.75) is 19.3 Å². The zero-order valence-electron chi connectivity index (χ0n) is 9.72. The van der Waals surface area contributed by atoms with Crippen molar-refractivity contribution in [2.24, 2.45) is 0 Å². The Morgan fingerprint density at radius 2 is 2.00 bits per heavy atom. The molecule has 0 aromatic carbocycles. The Morgan fingerprint density at radius 1 is 1.25 bits per heavy atom. The predicted octanol–water partition coefficient (Wildman–Crippen LogP) is 0.257. The third-order valence-corrected chi connectivity index (χ3v) is 4.08. The van der Waals surface area contributed by atoms with E-state index in [0.717, 1.165) is 32.5 Å². The average Bonchev–Trinajstić information content (AvgIpc) is 2.43. The highest BCUT2D eigenvalue weighted by Crippen LogP contribution is 2.07. The second kappa shape index (κ2) is 6.18. The first-order valence-corrected chi connectivity index (χ1v) is 7.43. The zero-order chi connectivity index (χ0) is 12.0. The Labute approximate surface area is 97.7 Å².